The van der Waals surface area contributed by atoms with Crippen LogP contribution < -0.4 is 5.32 Å². The van der Waals surface area contributed by atoms with Crippen molar-refractivity contribution in [3.8, 4) is 0 Å². The average molecular weight is 934 g/mol. The Kier molecular flexibility index (Phi) is 46.0. The number of carbonyl (C=O) groups excluding carboxylic acids is 1. The predicted molar refractivity (Wildman–Crippen MR) is 281 cm³/mol. The summed E-state index contributed by atoms with van der Waals surface area (Å²) in [4.78, 5) is 23.2. The molecule has 0 rings (SSSR count). The number of nitrogens with zero attached hydrogens (tertiary/aromatic N) is 1. The number of hydrogen-bond donors (Lipinski definition) is 3. The van der Waals surface area contributed by atoms with Crippen LogP contribution >= 0.6 is 7.82 Å². The van der Waals surface area contributed by atoms with Crippen LogP contribution in [0, 0.1) is 0 Å². The highest BCUT2D eigenvalue weighted by atomic mass is 31.2. The van der Waals surface area contributed by atoms with Gasteiger partial charge in [-0.25, -0.2) is 4.57 Å². The first-order valence-corrected chi connectivity index (χ1v) is 28.7. The standard InChI is InChI=1S/C56H105N2O6P/c1-6-8-10-12-14-16-18-20-22-23-24-25-26-27-28-29-30-31-32-33-34-36-37-39-41-43-45-47-49-55(59)54(53-64-65(61,62)63-52-51-58(3,4)5)57-56(60)50-48-46-44-42-40-38-35-21-19-17-15-13-11-9-7-2/h15,17,21,33-35,39,41,47,49,54-55,59H,6-14,16,18-20,22-32,36-38,40,42-46,48,50-53H2,1-5H3,(H-,57,60,61,62)/p+1/b17-15-,34-33+,35-21-,41-39+,49-47+. The molecule has 3 N–H and O–H groups in total. The van der Waals surface area contributed by atoms with E-state index in [0.717, 1.165) is 70.6 Å². The summed E-state index contributed by atoms with van der Waals surface area (Å²) in [5.41, 5.74) is 0. The van der Waals surface area contributed by atoms with Gasteiger partial charge in [0.25, 0.3) is 0 Å². The van der Waals surface area contributed by atoms with E-state index in [4.69, 9.17) is 9.05 Å². The monoisotopic (exact) mass is 934 g/mol. The summed E-state index contributed by atoms with van der Waals surface area (Å²) in [7, 11) is 1.53. The van der Waals surface area contributed by atoms with Gasteiger partial charge in [-0.2, -0.15) is 0 Å². The first-order chi connectivity index (χ1) is 31.5. The van der Waals surface area contributed by atoms with Crippen LogP contribution in [0.15, 0.2) is 60.8 Å². The third-order valence-electron chi connectivity index (χ3n) is 11.9. The van der Waals surface area contributed by atoms with Gasteiger partial charge in [0.2, 0.25) is 5.91 Å². The van der Waals surface area contributed by atoms with Crippen molar-refractivity contribution in [2.24, 2.45) is 0 Å². The molecule has 9 heteroatoms. The fourth-order valence-corrected chi connectivity index (χ4v) is 8.37. The zero-order valence-corrected chi connectivity index (χ0v) is 44.1. The molecule has 0 aliphatic carbocycles. The fraction of sp³-hybridized carbons (Fsp3) is 0.804. The predicted octanol–water partition coefficient (Wildman–Crippen LogP) is 16.1. The highest BCUT2D eigenvalue weighted by molar-refractivity contribution is 7.47. The quantitative estimate of drug-likeness (QED) is 0.0243. The van der Waals surface area contributed by atoms with E-state index in [9.17, 15) is 19.4 Å². The highest BCUT2D eigenvalue weighted by Gasteiger charge is 2.27. The second-order valence-corrected chi connectivity index (χ2v) is 21.0. The van der Waals surface area contributed by atoms with Gasteiger partial charge < -0.3 is 19.8 Å². The Balaban J connectivity index is 4.30. The Morgan fingerprint density at radius 3 is 1.35 bits per heavy atom. The van der Waals surface area contributed by atoms with Crippen LogP contribution in [0.2, 0.25) is 0 Å². The van der Waals surface area contributed by atoms with E-state index >= 15 is 0 Å². The lowest BCUT2D eigenvalue weighted by Gasteiger charge is -2.25. The molecule has 0 aliphatic rings. The highest BCUT2D eigenvalue weighted by Crippen LogP contribution is 2.43. The molecule has 380 valence electrons. The second kappa shape index (κ2) is 47.3. The number of hydrogen-bond acceptors (Lipinski definition) is 5. The summed E-state index contributed by atoms with van der Waals surface area (Å²) in [6.45, 7) is 4.76. The van der Waals surface area contributed by atoms with Crippen molar-refractivity contribution in [2.45, 2.75) is 251 Å². The molecule has 0 bridgehead atoms. The van der Waals surface area contributed by atoms with Crippen LogP contribution in [0.3, 0.4) is 0 Å². The van der Waals surface area contributed by atoms with Crippen LogP contribution in [0.5, 0.6) is 0 Å². The van der Waals surface area contributed by atoms with Crippen LogP contribution in [0.1, 0.15) is 239 Å². The molecule has 1 amide bonds. The number of rotatable bonds is 49. The second-order valence-electron chi connectivity index (χ2n) is 19.6. The number of phosphoric ester groups is 1. The molecule has 0 spiro atoms. The number of phosphoric acid groups is 1. The van der Waals surface area contributed by atoms with Gasteiger partial charge in [0.1, 0.15) is 13.2 Å². The molecule has 0 saturated carbocycles. The maximum Gasteiger partial charge on any atom is 0.472 e. The molecule has 0 aromatic rings. The molecule has 0 aromatic carbocycles. The Morgan fingerprint density at radius 2 is 0.892 bits per heavy atom. The lowest BCUT2D eigenvalue weighted by Crippen LogP contribution is -2.45. The summed E-state index contributed by atoms with van der Waals surface area (Å²) in [6.07, 6.45) is 63.3. The summed E-state index contributed by atoms with van der Waals surface area (Å²) in [6, 6.07) is -0.879. The van der Waals surface area contributed by atoms with Crippen molar-refractivity contribution in [3.63, 3.8) is 0 Å². The lowest BCUT2D eigenvalue weighted by molar-refractivity contribution is -0.870. The van der Waals surface area contributed by atoms with Crippen molar-refractivity contribution < 1.29 is 32.9 Å². The Bertz CT molecular complexity index is 1240. The molecule has 0 saturated heterocycles. The van der Waals surface area contributed by atoms with E-state index in [1.165, 1.54) is 148 Å². The zero-order chi connectivity index (χ0) is 47.8. The Morgan fingerprint density at radius 1 is 0.523 bits per heavy atom. The van der Waals surface area contributed by atoms with E-state index < -0.39 is 20.0 Å². The minimum atomic E-state index is -4.36. The van der Waals surface area contributed by atoms with Crippen molar-refractivity contribution in [1.82, 2.24) is 5.32 Å². The fourth-order valence-electron chi connectivity index (χ4n) is 7.63. The number of nitrogens with one attached hydrogen (secondary N) is 1. The van der Waals surface area contributed by atoms with Crippen molar-refractivity contribution >= 4 is 13.7 Å². The number of aliphatic hydroxyl groups is 1. The van der Waals surface area contributed by atoms with E-state index in [1.807, 2.05) is 27.2 Å². The smallest absolute Gasteiger partial charge is 0.387 e. The van der Waals surface area contributed by atoms with Gasteiger partial charge in [-0.3, -0.25) is 13.8 Å². The maximum absolute atomic E-state index is 12.9. The minimum absolute atomic E-state index is 0.0486. The van der Waals surface area contributed by atoms with Gasteiger partial charge in [-0.05, 0) is 77.0 Å². The number of amides is 1. The minimum Gasteiger partial charge on any atom is -0.387 e. The average Bonchev–Trinajstić information content (AvgIpc) is 3.26. The number of carbonyl (C=O) groups is 1. The van der Waals surface area contributed by atoms with E-state index in [2.05, 4.69) is 67.8 Å². The van der Waals surface area contributed by atoms with Gasteiger partial charge >= 0.3 is 7.82 Å². The number of quaternary nitrogens is 1. The van der Waals surface area contributed by atoms with Crippen molar-refractivity contribution in [2.75, 3.05) is 40.9 Å². The summed E-state index contributed by atoms with van der Waals surface area (Å²) < 4.78 is 23.6. The van der Waals surface area contributed by atoms with Gasteiger partial charge in [0, 0.05) is 6.42 Å². The molecule has 8 nitrogen and oxygen atoms in total. The topological polar surface area (TPSA) is 105 Å². The van der Waals surface area contributed by atoms with E-state index in [-0.39, 0.29) is 19.1 Å². The Hall–Kier alpha value is -1.80. The normalized spacial score (nSPS) is 14.5. The van der Waals surface area contributed by atoms with Crippen LogP contribution in [0.4, 0.5) is 0 Å². The number of allylic oxidation sites excluding steroid dienone is 9. The van der Waals surface area contributed by atoms with E-state index in [0.29, 0.717) is 17.4 Å². The molecule has 0 fully saturated rings. The molecule has 0 aliphatic heterocycles. The summed E-state index contributed by atoms with van der Waals surface area (Å²) in [5.74, 6) is -0.206. The first-order valence-electron chi connectivity index (χ1n) is 27.2. The molecule has 3 atom stereocenters. The number of likely N-dealkylation sites (N-methyl/N-ethyl adjacent to an activating group) is 1. The summed E-state index contributed by atoms with van der Waals surface area (Å²) >= 11 is 0. The molecular weight excluding hydrogens is 828 g/mol. The van der Waals surface area contributed by atoms with Gasteiger partial charge in [0.05, 0.1) is 39.9 Å². The lowest BCUT2D eigenvalue weighted by atomic mass is 10.0. The van der Waals surface area contributed by atoms with Gasteiger partial charge in [-0.1, -0.05) is 216 Å². The van der Waals surface area contributed by atoms with E-state index in [1.54, 1.807) is 6.08 Å². The molecule has 65 heavy (non-hydrogen) atoms. The van der Waals surface area contributed by atoms with Gasteiger partial charge in [-0.15, -0.1) is 0 Å². The van der Waals surface area contributed by atoms with Crippen LogP contribution in [-0.4, -0.2) is 73.4 Å². The summed E-state index contributed by atoms with van der Waals surface area (Å²) in [5, 5.41) is 13.9. The van der Waals surface area contributed by atoms with Crippen molar-refractivity contribution in [1.29, 1.82) is 0 Å². The molecule has 0 aromatic heterocycles. The van der Waals surface area contributed by atoms with Crippen molar-refractivity contribution in [3.05, 3.63) is 60.8 Å². The molecule has 3 unspecified atom stereocenters. The zero-order valence-electron chi connectivity index (χ0n) is 43.2. The SMILES string of the molecule is CCCCC/C=C\C/C=C\CCCCCCCC(=O)NC(COP(=O)(O)OCC[N+](C)(C)C)C(O)/C=C/CC/C=C/CC/C=C/CCCCCCCCCCCCCCCCCCCC. The number of unbranched alkanes of at least 4 members (excludes halogenated alkanes) is 28. The third kappa shape index (κ3) is 49.9. The van der Waals surface area contributed by atoms with Crippen LogP contribution in [-0.2, 0) is 18.4 Å². The third-order valence-corrected chi connectivity index (χ3v) is 12.9. The maximum atomic E-state index is 12.9. The largest absolute Gasteiger partial charge is 0.472 e. The molecule has 0 radical (unpaired) electrons. The first kappa shape index (κ1) is 63.2. The number of aliphatic hydroxyl groups excluding tert-OH is 1. The Labute approximate surface area is 402 Å². The van der Waals surface area contributed by atoms with Crippen LogP contribution in [0.25, 0.3) is 0 Å². The molecule has 0 heterocycles. The van der Waals surface area contributed by atoms with Gasteiger partial charge in [0.15, 0.2) is 0 Å². The molecular formula is C56H106N2O6P+.